The average molecular weight is 189 g/mol. The number of aryl methyl sites for hydroxylation is 1. The second-order valence-corrected chi connectivity index (χ2v) is 4.01. The highest BCUT2D eigenvalue weighted by atomic mass is 16.1. The molecule has 0 bridgehead atoms. The summed E-state index contributed by atoms with van der Waals surface area (Å²) in [5.74, 6) is 0.145. The first kappa shape index (κ1) is 9.25. The molecule has 1 N–H and O–H groups in total. The molecule has 2 rings (SSSR count). The molecule has 0 radical (unpaired) electrons. The maximum Gasteiger partial charge on any atom is 0.159 e. The van der Waals surface area contributed by atoms with Crippen molar-refractivity contribution >= 4 is 11.5 Å². The molecule has 0 aromatic heterocycles. The van der Waals surface area contributed by atoms with Gasteiger partial charge in [-0.2, -0.15) is 0 Å². The molecule has 0 fully saturated rings. The van der Waals surface area contributed by atoms with E-state index in [0.29, 0.717) is 6.04 Å². The standard InChI is InChI=1S/C12H15NO/c1-8-3-4-11-7-10(9(2)14)5-6-12(11)13-8/h5-8,13H,3-4H2,1-2H3/t8-/m1/s1. The van der Waals surface area contributed by atoms with Gasteiger partial charge in [-0.15, -0.1) is 0 Å². The number of carbonyl (C=O) groups is 1. The molecule has 0 saturated heterocycles. The molecule has 14 heavy (non-hydrogen) atoms. The second kappa shape index (κ2) is 3.45. The lowest BCUT2D eigenvalue weighted by Gasteiger charge is -2.24. The Morgan fingerprint density at radius 3 is 3.00 bits per heavy atom. The summed E-state index contributed by atoms with van der Waals surface area (Å²) in [6.07, 6.45) is 2.22. The maximum absolute atomic E-state index is 11.2. The summed E-state index contributed by atoms with van der Waals surface area (Å²) < 4.78 is 0. The minimum absolute atomic E-state index is 0.145. The van der Waals surface area contributed by atoms with Gasteiger partial charge in [0.2, 0.25) is 0 Å². The van der Waals surface area contributed by atoms with Gasteiger partial charge in [0.25, 0.3) is 0 Å². The molecule has 1 aliphatic rings. The van der Waals surface area contributed by atoms with Crippen molar-refractivity contribution in [3.63, 3.8) is 0 Å². The van der Waals surface area contributed by atoms with Crippen LogP contribution in [0.3, 0.4) is 0 Å². The van der Waals surface area contributed by atoms with E-state index in [1.54, 1.807) is 6.92 Å². The lowest BCUT2D eigenvalue weighted by Crippen LogP contribution is -2.22. The van der Waals surface area contributed by atoms with Gasteiger partial charge in [0.05, 0.1) is 0 Å². The van der Waals surface area contributed by atoms with Crippen molar-refractivity contribution < 1.29 is 4.79 Å². The van der Waals surface area contributed by atoms with Crippen molar-refractivity contribution in [1.29, 1.82) is 0 Å². The number of nitrogens with one attached hydrogen (secondary N) is 1. The van der Waals surface area contributed by atoms with Crippen molar-refractivity contribution in [2.45, 2.75) is 32.7 Å². The fourth-order valence-corrected chi connectivity index (χ4v) is 1.87. The lowest BCUT2D eigenvalue weighted by atomic mass is 9.96. The molecule has 0 saturated carbocycles. The van der Waals surface area contributed by atoms with Crippen LogP contribution in [0.4, 0.5) is 5.69 Å². The van der Waals surface area contributed by atoms with E-state index in [2.05, 4.69) is 12.2 Å². The number of hydrogen-bond donors (Lipinski definition) is 1. The molecule has 1 aromatic rings. The van der Waals surface area contributed by atoms with Gasteiger partial charge < -0.3 is 5.32 Å². The Morgan fingerprint density at radius 2 is 2.29 bits per heavy atom. The van der Waals surface area contributed by atoms with Crippen molar-refractivity contribution in [3.8, 4) is 0 Å². The number of Topliss-reactive ketones (excluding diaryl/α,β-unsaturated/α-hetero) is 1. The summed E-state index contributed by atoms with van der Waals surface area (Å²) in [4.78, 5) is 11.2. The molecule has 1 heterocycles. The Kier molecular flexibility index (Phi) is 2.28. The van der Waals surface area contributed by atoms with Crippen LogP contribution in [0.25, 0.3) is 0 Å². The number of ketones is 1. The highest BCUT2D eigenvalue weighted by Gasteiger charge is 2.14. The van der Waals surface area contributed by atoms with Crippen LogP contribution in [0.1, 0.15) is 36.2 Å². The molecule has 1 aliphatic heterocycles. The van der Waals surface area contributed by atoms with Crippen LogP contribution in [0.2, 0.25) is 0 Å². The molecule has 0 spiro atoms. The molecular weight excluding hydrogens is 174 g/mol. The van der Waals surface area contributed by atoms with E-state index in [0.717, 1.165) is 18.4 Å². The zero-order chi connectivity index (χ0) is 10.1. The first-order valence-electron chi connectivity index (χ1n) is 5.07. The number of anilines is 1. The first-order chi connectivity index (χ1) is 6.66. The zero-order valence-electron chi connectivity index (χ0n) is 8.63. The lowest BCUT2D eigenvalue weighted by molar-refractivity contribution is 0.101. The molecule has 1 aromatic carbocycles. The van der Waals surface area contributed by atoms with Crippen molar-refractivity contribution in [2.75, 3.05) is 5.32 Å². The van der Waals surface area contributed by atoms with E-state index in [4.69, 9.17) is 0 Å². The summed E-state index contributed by atoms with van der Waals surface area (Å²) in [6.45, 7) is 3.79. The molecule has 74 valence electrons. The van der Waals surface area contributed by atoms with Crippen LogP contribution in [-0.2, 0) is 6.42 Å². The summed E-state index contributed by atoms with van der Waals surface area (Å²) >= 11 is 0. The van der Waals surface area contributed by atoms with Crippen LogP contribution in [0.15, 0.2) is 18.2 Å². The van der Waals surface area contributed by atoms with E-state index in [9.17, 15) is 4.79 Å². The summed E-state index contributed by atoms with van der Waals surface area (Å²) in [7, 11) is 0. The second-order valence-electron chi connectivity index (χ2n) is 4.01. The minimum atomic E-state index is 0.145. The Bertz CT molecular complexity index is 371. The van der Waals surface area contributed by atoms with Gasteiger partial charge in [-0.05, 0) is 50.5 Å². The Morgan fingerprint density at radius 1 is 1.50 bits per heavy atom. The summed E-state index contributed by atoms with van der Waals surface area (Å²) in [5, 5.41) is 3.41. The van der Waals surface area contributed by atoms with E-state index in [-0.39, 0.29) is 5.78 Å². The Labute approximate surface area is 84.3 Å². The number of benzene rings is 1. The van der Waals surface area contributed by atoms with Crippen LogP contribution in [-0.4, -0.2) is 11.8 Å². The van der Waals surface area contributed by atoms with Crippen molar-refractivity contribution in [1.82, 2.24) is 0 Å². The highest BCUT2D eigenvalue weighted by molar-refractivity contribution is 5.94. The smallest absolute Gasteiger partial charge is 0.159 e. The molecule has 2 heteroatoms. The van der Waals surface area contributed by atoms with Crippen LogP contribution >= 0.6 is 0 Å². The fourth-order valence-electron chi connectivity index (χ4n) is 1.87. The van der Waals surface area contributed by atoms with E-state index in [1.165, 1.54) is 11.3 Å². The third-order valence-corrected chi connectivity index (χ3v) is 2.76. The van der Waals surface area contributed by atoms with Gasteiger partial charge >= 0.3 is 0 Å². The molecule has 0 unspecified atom stereocenters. The van der Waals surface area contributed by atoms with Crippen molar-refractivity contribution in [2.24, 2.45) is 0 Å². The Hall–Kier alpha value is -1.31. The quantitative estimate of drug-likeness (QED) is 0.688. The third kappa shape index (κ3) is 1.65. The van der Waals surface area contributed by atoms with Gasteiger partial charge in [0, 0.05) is 17.3 Å². The Balaban J connectivity index is 2.36. The molecule has 1 atom stereocenters. The number of hydrogen-bond acceptors (Lipinski definition) is 2. The van der Waals surface area contributed by atoms with Gasteiger partial charge in [0.15, 0.2) is 5.78 Å². The number of rotatable bonds is 1. The molecule has 0 amide bonds. The average Bonchev–Trinajstić information content (AvgIpc) is 2.16. The van der Waals surface area contributed by atoms with Gasteiger partial charge in [-0.3, -0.25) is 4.79 Å². The topological polar surface area (TPSA) is 29.1 Å². The van der Waals surface area contributed by atoms with E-state index >= 15 is 0 Å². The van der Waals surface area contributed by atoms with Crippen molar-refractivity contribution in [3.05, 3.63) is 29.3 Å². The molecule has 0 aliphatic carbocycles. The predicted molar refractivity (Wildman–Crippen MR) is 57.9 cm³/mol. The summed E-state index contributed by atoms with van der Waals surface area (Å²) in [5.41, 5.74) is 3.28. The van der Waals surface area contributed by atoms with E-state index in [1.807, 2.05) is 18.2 Å². The van der Waals surface area contributed by atoms with E-state index < -0.39 is 0 Å². The number of carbonyl (C=O) groups excluding carboxylic acids is 1. The van der Waals surface area contributed by atoms with Crippen LogP contribution in [0.5, 0.6) is 0 Å². The third-order valence-electron chi connectivity index (χ3n) is 2.76. The van der Waals surface area contributed by atoms with Gasteiger partial charge in [-0.25, -0.2) is 0 Å². The van der Waals surface area contributed by atoms with Crippen LogP contribution < -0.4 is 5.32 Å². The van der Waals surface area contributed by atoms with Gasteiger partial charge in [-0.1, -0.05) is 0 Å². The fraction of sp³-hybridized carbons (Fsp3) is 0.417. The zero-order valence-corrected chi connectivity index (χ0v) is 8.63. The normalized spacial score (nSPS) is 19.7. The first-order valence-corrected chi connectivity index (χ1v) is 5.07. The minimum Gasteiger partial charge on any atom is -0.382 e. The highest BCUT2D eigenvalue weighted by Crippen LogP contribution is 2.25. The van der Waals surface area contributed by atoms with Gasteiger partial charge in [0.1, 0.15) is 0 Å². The molecular formula is C12H15NO. The SMILES string of the molecule is CC(=O)c1ccc2c(c1)CC[C@@H](C)N2. The number of fused-ring (bicyclic) bond motifs is 1. The monoisotopic (exact) mass is 189 g/mol. The van der Waals surface area contributed by atoms with Crippen LogP contribution in [0, 0.1) is 0 Å². The maximum atomic E-state index is 11.2. The molecule has 2 nitrogen and oxygen atoms in total. The summed E-state index contributed by atoms with van der Waals surface area (Å²) in [6, 6.07) is 6.47. The largest absolute Gasteiger partial charge is 0.382 e. The predicted octanol–water partition coefficient (Wildman–Crippen LogP) is 2.64.